The van der Waals surface area contributed by atoms with Gasteiger partial charge in [-0.3, -0.25) is 9.90 Å². The van der Waals surface area contributed by atoms with Crippen LogP contribution in [0.25, 0.3) is 11.1 Å². The van der Waals surface area contributed by atoms with E-state index < -0.39 is 0 Å². The van der Waals surface area contributed by atoms with Crippen molar-refractivity contribution in [2.45, 2.75) is 44.7 Å². The molecule has 0 aliphatic rings. The summed E-state index contributed by atoms with van der Waals surface area (Å²) in [5.41, 5.74) is 3.43. The van der Waals surface area contributed by atoms with E-state index in [1.54, 1.807) is 11.8 Å². The molecule has 0 heterocycles. The van der Waals surface area contributed by atoms with Gasteiger partial charge >= 0.3 is 0 Å². The second-order valence-corrected chi connectivity index (χ2v) is 6.52. The molecule has 117 valence electrons. The number of nitrogens with zero attached hydrogens (tertiary/aromatic N) is 1. The first kappa shape index (κ1) is 16.9. The third kappa shape index (κ3) is 3.84. The smallest absolute Gasteiger partial charge is 0.0800 e. The summed E-state index contributed by atoms with van der Waals surface area (Å²) in [4.78, 5) is 7.26. The van der Waals surface area contributed by atoms with Gasteiger partial charge in [-0.25, -0.2) is 0 Å². The van der Waals surface area contributed by atoms with Gasteiger partial charge in [-0.15, -0.1) is 11.8 Å². The number of rotatable bonds is 6. The highest BCUT2D eigenvalue weighted by molar-refractivity contribution is 7.98. The summed E-state index contributed by atoms with van der Waals surface area (Å²) in [6.07, 6.45) is 2.25. The molecule has 22 heavy (non-hydrogen) atoms. The van der Waals surface area contributed by atoms with E-state index in [1.165, 1.54) is 10.5 Å². The van der Waals surface area contributed by atoms with Gasteiger partial charge in [0.1, 0.15) is 0 Å². The van der Waals surface area contributed by atoms with Crippen molar-refractivity contribution in [3.05, 3.63) is 48.5 Å². The lowest BCUT2D eigenvalue weighted by atomic mass is 10.0. The molecule has 0 N–H and O–H groups in total. The summed E-state index contributed by atoms with van der Waals surface area (Å²) in [6.45, 7) is 8.41. The van der Waals surface area contributed by atoms with Crippen LogP contribution in [-0.2, 0) is 4.84 Å². The number of thioether (sulfide) groups is 1. The molecule has 2 aromatic rings. The molecule has 0 aromatic heterocycles. The van der Waals surface area contributed by atoms with Crippen molar-refractivity contribution in [1.29, 1.82) is 0 Å². The summed E-state index contributed by atoms with van der Waals surface area (Å²) >= 11 is 1.75. The topological polar surface area (TPSA) is 12.5 Å². The molecular formula is C19H24NOS. The Hall–Kier alpha value is -1.45. The van der Waals surface area contributed by atoms with Gasteiger partial charge in [-0.05, 0) is 57.2 Å². The highest BCUT2D eigenvalue weighted by Gasteiger charge is 2.19. The lowest BCUT2D eigenvalue weighted by molar-refractivity contribution is 0.0428. The molecule has 0 amide bonds. The SMILES string of the molecule is CSc1c(-c2[c]cccc2)cccc1N(OC(C)C)C(C)C. The molecule has 0 unspecified atom stereocenters. The monoisotopic (exact) mass is 314 g/mol. The van der Waals surface area contributed by atoms with E-state index in [-0.39, 0.29) is 12.1 Å². The lowest BCUT2D eigenvalue weighted by Crippen LogP contribution is -2.34. The molecule has 2 aromatic carbocycles. The molecule has 3 heteroatoms. The van der Waals surface area contributed by atoms with Crippen molar-refractivity contribution in [3.8, 4) is 11.1 Å². The van der Waals surface area contributed by atoms with E-state index in [0.717, 1.165) is 11.3 Å². The van der Waals surface area contributed by atoms with Gasteiger partial charge in [0.2, 0.25) is 0 Å². The maximum absolute atomic E-state index is 6.04. The van der Waals surface area contributed by atoms with Gasteiger partial charge in [0.25, 0.3) is 0 Å². The number of benzene rings is 2. The molecule has 2 nitrogen and oxygen atoms in total. The molecule has 0 aliphatic carbocycles. The molecule has 0 spiro atoms. The zero-order valence-electron chi connectivity index (χ0n) is 14.0. The molecular weight excluding hydrogens is 290 g/mol. The third-order valence-electron chi connectivity index (χ3n) is 3.23. The minimum atomic E-state index is 0.143. The second-order valence-electron chi connectivity index (χ2n) is 5.71. The maximum atomic E-state index is 6.04. The molecule has 0 saturated carbocycles. The number of hydroxylamine groups is 1. The Bertz CT molecular complexity index is 596. The molecule has 0 atom stereocenters. The third-order valence-corrected chi connectivity index (χ3v) is 4.07. The van der Waals surface area contributed by atoms with Crippen molar-refractivity contribution < 1.29 is 4.84 Å². The van der Waals surface area contributed by atoms with E-state index in [0.29, 0.717) is 0 Å². The molecule has 1 radical (unpaired) electrons. The first-order chi connectivity index (χ1) is 10.5. The Balaban J connectivity index is 2.52. The summed E-state index contributed by atoms with van der Waals surface area (Å²) in [6, 6.07) is 18.0. The quantitative estimate of drug-likeness (QED) is 0.521. The summed E-state index contributed by atoms with van der Waals surface area (Å²) in [5.74, 6) is 0. The van der Waals surface area contributed by atoms with Gasteiger partial charge in [0.15, 0.2) is 0 Å². The lowest BCUT2D eigenvalue weighted by Gasteiger charge is -2.31. The average molecular weight is 314 g/mol. The first-order valence-electron chi connectivity index (χ1n) is 7.64. The van der Waals surface area contributed by atoms with Gasteiger partial charge < -0.3 is 0 Å². The van der Waals surface area contributed by atoms with Crippen molar-refractivity contribution in [1.82, 2.24) is 0 Å². The Morgan fingerprint density at radius 2 is 1.82 bits per heavy atom. The predicted molar refractivity (Wildman–Crippen MR) is 96.3 cm³/mol. The van der Waals surface area contributed by atoms with Crippen LogP contribution in [0.3, 0.4) is 0 Å². The summed E-state index contributed by atoms with van der Waals surface area (Å²) in [5, 5.41) is 2.02. The summed E-state index contributed by atoms with van der Waals surface area (Å²) < 4.78 is 0. The van der Waals surface area contributed by atoms with E-state index >= 15 is 0 Å². The zero-order valence-corrected chi connectivity index (χ0v) is 14.8. The van der Waals surface area contributed by atoms with Gasteiger partial charge in [0, 0.05) is 4.90 Å². The van der Waals surface area contributed by atoms with Crippen LogP contribution in [0.4, 0.5) is 5.69 Å². The van der Waals surface area contributed by atoms with Crippen LogP contribution in [0, 0.1) is 6.07 Å². The van der Waals surface area contributed by atoms with Crippen LogP contribution in [-0.4, -0.2) is 18.4 Å². The Morgan fingerprint density at radius 1 is 1.05 bits per heavy atom. The van der Waals surface area contributed by atoms with Crippen molar-refractivity contribution in [2.75, 3.05) is 11.3 Å². The fourth-order valence-electron chi connectivity index (χ4n) is 2.37. The van der Waals surface area contributed by atoms with Crippen molar-refractivity contribution in [2.24, 2.45) is 0 Å². The Kier molecular flexibility index (Phi) is 5.92. The fraction of sp³-hybridized carbons (Fsp3) is 0.368. The Labute approximate surface area is 138 Å². The minimum absolute atomic E-state index is 0.143. The van der Waals surface area contributed by atoms with Crippen LogP contribution in [0.5, 0.6) is 0 Å². The zero-order chi connectivity index (χ0) is 16.1. The van der Waals surface area contributed by atoms with Crippen molar-refractivity contribution in [3.63, 3.8) is 0 Å². The highest BCUT2D eigenvalue weighted by atomic mass is 32.2. The van der Waals surface area contributed by atoms with E-state index in [4.69, 9.17) is 4.84 Å². The molecule has 2 rings (SSSR count). The van der Waals surface area contributed by atoms with E-state index in [9.17, 15) is 0 Å². The highest BCUT2D eigenvalue weighted by Crippen LogP contribution is 2.38. The van der Waals surface area contributed by atoms with Crippen LogP contribution >= 0.6 is 11.8 Å². The largest absolute Gasteiger partial charge is 0.270 e. The van der Waals surface area contributed by atoms with Gasteiger partial charge in [-0.1, -0.05) is 36.4 Å². The summed E-state index contributed by atoms with van der Waals surface area (Å²) in [7, 11) is 0. The van der Waals surface area contributed by atoms with E-state index in [1.807, 2.05) is 23.3 Å². The normalized spacial score (nSPS) is 11.2. The molecule has 0 fully saturated rings. The predicted octanol–water partition coefficient (Wildman–Crippen LogP) is 5.43. The molecule has 0 aliphatic heterocycles. The van der Waals surface area contributed by atoms with Crippen LogP contribution in [0.1, 0.15) is 27.7 Å². The maximum Gasteiger partial charge on any atom is 0.0800 e. The second kappa shape index (κ2) is 7.70. The van der Waals surface area contributed by atoms with Gasteiger partial charge in [-0.2, -0.15) is 0 Å². The standard InChI is InChI=1S/C19H24NOS/c1-14(2)20(21-15(3)4)18-13-9-12-17(19(18)22-5)16-10-7-6-8-11-16/h6-10,12-15H,1-5H3. The molecule has 0 bridgehead atoms. The fourth-order valence-corrected chi connectivity index (χ4v) is 3.13. The van der Waals surface area contributed by atoms with Crippen LogP contribution in [0.2, 0.25) is 0 Å². The average Bonchev–Trinajstić information content (AvgIpc) is 2.52. The number of hydrogen-bond donors (Lipinski definition) is 0. The minimum Gasteiger partial charge on any atom is -0.270 e. The van der Waals surface area contributed by atoms with Gasteiger partial charge in [0.05, 0.1) is 17.8 Å². The Morgan fingerprint density at radius 3 is 2.36 bits per heavy atom. The van der Waals surface area contributed by atoms with Crippen molar-refractivity contribution >= 4 is 17.4 Å². The molecule has 0 saturated heterocycles. The van der Waals surface area contributed by atoms with Crippen LogP contribution in [0.15, 0.2) is 47.4 Å². The van der Waals surface area contributed by atoms with E-state index in [2.05, 4.69) is 64.3 Å². The number of hydrogen-bond acceptors (Lipinski definition) is 3. The first-order valence-corrected chi connectivity index (χ1v) is 8.87. The number of anilines is 1. The van der Waals surface area contributed by atoms with Crippen LogP contribution < -0.4 is 5.06 Å².